The third kappa shape index (κ3) is 4.15. The molecular weight excluding hydrogens is 448 g/mol. The number of anilines is 1. The van der Waals surface area contributed by atoms with Crippen molar-refractivity contribution in [1.82, 2.24) is 4.98 Å². The lowest BCUT2D eigenvalue weighted by molar-refractivity contribution is 0.0697. The van der Waals surface area contributed by atoms with Crippen molar-refractivity contribution in [2.45, 2.75) is 39.5 Å². The molecule has 7 heteroatoms. The molecule has 0 saturated carbocycles. The molecule has 6 nitrogen and oxygen atoms in total. The van der Waals surface area contributed by atoms with Crippen molar-refractivity contribution in [3.8, 4) is 11.1 Å². The minimum absolute atomic E-state index is 0.170. The lowest BCUT2D eigenvalue weighted by Crippen LogP contribution is -2.17. The number of nitrogens with zero attached hydrogens (tertiary/aromatic N) is 1. The minimum atomic E-state index is -3.87. The molecule has 0 amide bonds. The van der Waals surface area contributed by atoms with Gasteiger partial charge in [-0.25, -0.2) is 13.2 Å². The highest BCUT2D eigenvalue weighted by Crippen LogP contribution is 2.35. The van der Waals surface area contributed by atoms with Gasteiger partial charge in [0.05, 0.1) is 21.7 Å². The van der Waals surface area contributed by atoms with Gasteiger partial charge in [-0.2, -0.15) is 0 Å². The van der Waals surface area contributed by atoms with E-state index in [1.165, 1.54) is 6.07 Å². The number of aryl methyl sites for hydroxylation is 3. The minimum Gasteiger partial charge on any atom is -0.478 e. The second-order valence-electron chi connectivity index (χ2n) is 8.59. The Balaban J connectivity index is 1.89. The van der Waals surface area contributed by atoms with Crippen LogP contribution in [0.4, 0.5) is 5.69 Å². The molecule has 0 saturated heterocycles. The predicted molar refractivity (Wildman–Crippen MR) is 135 cm³/mol. The SMILES string of the molecule is Cc1ccc2c(NS(=O)(=O)c3c(C)c(C)cc(C)c3C)ccc(-c3cccc(C(=O)O)c3)c2n1. The number of hydrogen-bond donors (Lipinski definition) is 2. The summed E-state index contributed by atoms with van der Waals surface area (Å²) in [5.41, 5.74) is 6.63. The van der Waals surface area contributed by atoms with Gasteiger partial charge >= 0.3 is 5.97 Å². The Morgan fingerprint density at radius 3 is 2.21 bits per heavy atom. The number of carbonyl (C=O) groups is 1. The van der Waals surface area contributed by atoms with Gasteiger partial charge in [0.1, 0.15) is 0 Å². The van der Waals surface area contributed by atoms with Crippen LogP contribution >= 0.6 is 0 Å². The predicted octanol–water partition coefficient (Wildman–Crippen LogP) is 5.94. The fourth-order valence-electron chi connectivity index (χ4n) is 4.24. The average Bonchev–Trinajstić information content (AvgIpc) is 2.77. The van der Waals surface area contributed by atoms with Crippen molar-refractivity contribution in [1.29, 1.82) is 0 Å². The zero-order valence-electron chi connectivity index (χ0n) is 19.7. The van der Waals surface area contributed by atoms with E-state index < -0.39 is 16.0 Å². The van der Waals surface area contributed by atoms with Crippen LogP contribution in [0, 0.1) is 34.6 Å². The fourth-order valence-corrected chi connectivity index (χ4v) is 5.93. The molecule has 0 radical (unpaired) electrons. The first-order valence-corrected chi connectivity index (χ1v) is 12.3. The molecule has 0 aliphatic rings. The van der Waals surface area contributed by atoms with Gasteiger partial charge in [-0.15, -0.1) is 0 Å². The first-order valence-electron chi connectivity index (χ1n) is 10.8. The van der Waals surface area contributed by atoms with Crippen molar-refractivity contribution in [2.24, 2.45) is 0 Å². The number of carboxylic acids is 1. The summed E-state index contributed by atoms with van der Waals surface area (Å²) in [7, 11) is -3.87. The van der Waals surface area contributed by atoms with E-state index in [1.807, 2.05) is 58.9 Å². The summed E-state index contributed by atoms with van der Waals surface area (Å²) in [6, 6.07) is 15.7. The average molecular weight is 475 g/mol. The van der Waals surface area contributed by atoms with Gasteiger partial charge in [0.25, 0.3) is 10.0 Å². The molecule has 0 aliphatic heterocycles. The number of aromatic carboxylic acids is 1. The molecule has 0 spiro atoms. The molecule has 0 unspecified atom stereocenters. The number of rotatable bonds is 5. The monoisotopic (exact) mass is 474 g/mol. The third-order valence-corrected chi connectivity index (χ3v) is 7.87. The summed E-state index contributed by atoms with van der Waals surface area (Å²) in [5.74, 6) is -1.01. The largest absolute Gasteiger partial charge is 0.478 e. The van der Waals surface area contributed by atoms with E-state index in [1.54, 1.807) is 24.3 Å². The van der Waals surface area contributed by atoms with E-state index in [9.17, 15) is 18.3 Å². The first-order chi connectivity index (χ1) is 16.0. The Kier molecular flexibility index (Phi) is 5.91. The lowest BCUT2D eigenvalue weighted by Gasteiger charge is -2.18. The van der Waals surface area contributed by atoms with Crippen molar-refractivity contribution < 1.29 is 18.3 Å². The standard InChI is InChI=1S/C27H26N2O4S/c1-15-13-16(2)19(5)26(18(15)4)34(32,33)29-24-12-11-22(25-23(24)10-9-17(3)28-25)20-7-6-8-21(14-20)27(30)31/h6-14,29H,1-5H3,(H,30,31). The third-order valence-electron chi connectivity index (χ3n) is 6.23. The number of aromatic nitrogens is 1. The number of sulfonamides is 1. The van der Waals surface area contributed by atoms with Gasteiger partial charge in [-0.1, -0.05) is 24.3 Å². The highest BCUT2D eigenvalue weighted by molar-refractivity contribution is 7.92. The Morgan fingerprint density at radius 2 is 1.56 bits per heavy atom. The number of hydrogen-bond acceptors (Lipinski definition) is 4. The highest BCUT2D eigenvalue weighted by Gasteiger charge is 2.23. The normalized spacial score (nSPS) is 11.6. The Bertz CT molecular complexity index is 1550. The summed E-state index contributed by atoms with van der Waals surface area (Å²) in [4.78, 5) is 16.4. The van der Waals surface area contributed by atoms with E-state index >= 15 is 0 Å². The molecule has 2 N–H and O–H groups in total. The molecule has 1 aromatic heterocycles. The number of pyridine rings is 1. The summed E-state index contributed by atoms with van der Waals surface area (Å²) >= 11 is 0. The summed E-state index contributed by atoms with van der Waals surface area (Å²) in [6.07, 6.45) is 0. The molecule has 34 heavy (non-hydrogen) atoms. The number of nitrogens with one attached hydrogen (secondary N) is 1. The van der Waals surface area contributed by atoms with Crippen LogP contribution in [0.2, 0.25) is 0 Å². The topological polar surface area (TPSA) is 96.4 Å². The second kappa shape index (κ2) is 8.57. The van der Waals surface area contributed by atoms with E-state index in [4.69, 9.17) is 0 Å². The fraction of sp³-hybridized carbons (Fsp3) is 0.185. The second-order valence-corrected chi connectivity index (χ2v) is 10.2. The van der Waals surface area contributed by atoms with Crippen LogP contribution < -0.4 is 4.72 Å². The van der Waals surface area contributed by atoms with Crippen LogP contribution in [-0.4, -0.2) is 24.5 Å². The van der Waals surface area contributed by atoms with Crippen molar-refractivity contribution >= 4 is 32.6 Å². The van der Waals surface area contributed by atoms with Crippen LogP contribution in [0.1, 0.15) is 38.3 Å². The van der Waals surface area contributed by atoms with Crippen molar-refractivity contribution in [3.05, 3.63) is 88.1 Å². The number of fused-ring (bicyclic) bond motifs is 1. The zero-order valence-corrected chi connectivity index (χ0v) is 20.5. The van der Waals surface area contributed by atoms with Gasteiger partial charge in [0, 0.05) is 16.6 Å². The molecule has 0 aliphatic carbocycles. The first kappa shape index (κ1) is 23.4. The molecule has 0 bridgehead atoms. The summed E-state index contributed by atoms with van der Waals surface area (Å²) in [6.45, 7) is 9.30. The molecule has 0 fully saturated rings. The molecular formula is C27H26N2O4S. The quantitative estimate of drug-likeness (QED) is 0.373. The smallest absolute Gasteiger partial charge is 0.335 e. The Hall–Kier alpha value is -3.71. The number of benzene rings is 3. The van der Waals surface area contributed by atoms with Crippen LogP contribution in [0.15, 0.2) is 59.5 Å². The van der Waals surface area contributed by atoms with E-state index in [2.05, 4.69) is 9.71 Å². The molecule has 4 aromatic rings. The Labute approximate surface area is 199 Å². The van der Waals surface area contributed by atoms with Crippen LogP contribution in [0.25, 0.3) is 22.0 Å². The van der Waals surface area contributed by atoms with Gasteiger partial charge in [0.2, 0.25) is 0 Å². The van der Waals surface area contributed by atoms with Gasteiger partial charge in [-0.05, 0) is 92.8 Å². The summed E-state index contributed by atoms with van der Waals surface area (Å²) in [5, 5.41) is 10.0. The van der Waals surface area contributed by atoms with Crippen LogP contribution in [0.3, 0.4) is 0 Å². The molecule has 4 rings (SSSR count). The number of carboxylic acid groups (broad SMARTS) is 1. The van der Waals surface area contributed by atoms with E-state index in [-0.39, 0.29) is 10.5 Å². The molecule has 0 atom stereocenters. The Morgan fingerprint density at radius 1 is 0.882 bits per heavy atom. The van der Waals surface area contributed by atoms with Gasteiger partial charge < -0.3 is 5.11 Å². The summed E-state index contributed by atoms with van der Waals surface area (Å²) < 4.78 is 29.9. The van der Waals surface area contributed by atoms with Gasteiger partial charge in [-0.3, -0.25) is 9.71 Å². The van der Waals surface area contributed by atoms with Crippen molar-refractivity contribution in [3.63, 3.8) is 0 Å². The van der Waals surface area contributed by atoms with E-state index in [0.29, 0.717) is 22.2 Å². The van der Waals surface area contributed by atoms with Crippen LogP contribution in [0.5, 0.6) is 0 Å². The highest BCUT2D eigenvalue weighted by atomic mass is 32.2. The molecule has 1 heterocycles. The molecule has 3 aromatic carbocycles. The maximum atomic E-state index is 13.5. The van der Waals surface area contributed by atoms with Crippen LogP contribution in [-0.2, 0) is 10.0 Å². The van der Waals surface area contributed by atoms with Gasteiger partial charge in [0.15, 0.2) is 0 Å². The van der Waals surface area contributed by atoms with Crippen molar-refractivity contribution in [2.75, 3.05) is 4.72 Å². The zero-order chi connectivity index (χ0) is 24.8. The van der Waals surface area contributed by atoms with E-state index in [0.717, 1.165) is 33.5 Å². The molecule has 174 valence electrons. The lowest BCUT2D eigenvalue weighted by atomic mass is 9.99. The maximum Gasteiger partial charge on any atom is 0.335 e. The maximum absolute atomic E-state index is 13.5.